The number of allylic oxidation sites excluding steroid dienone is 22. The van der Waals surface area contributed by atoms with Gasteiger partial charge in [-0.05, 0) is 96.3 Å². The van der Waals surface area contributed by atoms with E-state index in [0.29, 0.717) is 12.8 Å². The average molecular weight is 869 g/mol. The van der Waals surface area contributed by atoms with Crippen molar-refractivity contribution in [3.05, 3.63) is 134 Å². The Kier molecular flexibility index (Phi) is 41.4. The number of rotatable bonds is 39. The first-order chi connectivity index (χ1) is 29.7. The molecular weight excluding hydrogens is 792 g/mol. The highest BCUT2D eigenvalue weighted by Gasteiger charge is 2.27. The molecule has 0 amide bonds. The topological polar surface area (TPSA) is 149 Å². The number of carbonyl (C=O) groups is 2. The van der Waals surface area contributed by atoms with Crippen molar-refractivity contribution in [1.29, 1.82) is 0 Å². The molecule has 0 spiro atoms. The molecule has 0 aromatic heterocycles. The van der Waals surface area contributed by atoms with Crippen molar-refractivity contribution in [3.63, 3.8) is 0 Å². The van der Waals surface area contributed by atoms with Gasteiger partial charge in [0.15, 0.2) is 6.10 Å². The van der Waals surface area contributed by atoms with Crippen LogP contribution in [0.5, 0.6) is 0 Å². The van der Waals surface area contributed by atoms with Gasteiger partial charge in [0.25, 0.3) is 0 Å². The number of aliphatic hydroxyl groups is 2. The van der Waals surface area contributed by atoms with E-state index < -0.39 is 51.8 Å². The normalized spacial score (nSPS) is 15.0. The molecule has 3 N–H and O–H groups in total. The molecule has 3 atom stereocenters. The Morgan fingerprint density at radius 2 is 0.885 bits per heavy atom. The molecule has 0 saturated carbocycles. The molecular formula is C50H77O10P. The molecule has 61 heavy (non-hydrogen) atoms. The van der Waals surface area contributed by atoms with Crippen LogP contribution in [-0.4, -0.2) is 65.7 Å². The maximum Gasteiger partial charge on any atom is 0.472 e. The Labute approximate surface area is 368 Å². The summed E-state index contributed by atoms with van der Waals surface area (Å²) >= 11 is 0. The van der Waals surface area contributed by atoms with Crippen LogP contribution >= 0.6 is 7.82 Å². The predicted octanol–water partition coefficient (Wildman–Crippen LogP) is 12.1. The molecule has 0 saturated heterocycles. The summed E-state index contributed by atoms with van der Waals surface area (Å²) in [4.78, 5) is 35.0. The molecule has 342 valence electrons. The maximum atomic E-state index is 12.6. The zero-order valence-corrected chi connectivity index (χ0v) is 38.0. The number of phosphoric acid groups is 1. The van der Waals surface area contributed by atoms with Crippen molar-refractivity contribution >= 4 is 19.8 Å². The lowest BCUT2D eigenvalue weighted by Crippen LogP contribution is -2.29. The number of carbonyl (C=O) groups excluding carboxylic acids is 2. The molecule has 0 bridgehead atoms. The highest BCUT2D eigenvalue weighted by atomic mass is 31.2. The van der Waals surface area contributed by atoms with Crippen LogP contribution in [0.15, 0.2) is 134 Å². The van der Waals surface area contributed by atoms with Gasteiger partial charge >= 0.3 is 19.8 Å². The number of hydrogen-bond donors (Lipinski definition) is 3. The van der Waals surface area contributed by atoms with Gasteiger partial charge in [-0.3, -0.25) is 18.6 Å². The Hall–Kier alpha value is -3.89. The molecule has 0 radical (unpaired) electrons. The van der Waals surface area contributed by atoms with Crippen LogP contribution in [0.2, 0.25) is 0 Å². The van der Waals surface area contributed by atoms with E-state index in [1.54, 1.807) is 0 Å². The van der Waals surface area contributed by atoms with E-state index in [1.165, 1.54) is 0 Å². The molecule has 0 aromatic carbocycles. The van der Waals surface area contributed by atoms with Crippen LogP contribution in [0.1, 0.15) is 129 Å². The van der Waals surface area contributed by atoms with Crippen LogP contribution in [0.4, 0.5) is 0 Å². The maximum absolute atomic E-state index is 12.6. The molecule has 0 fully saturated rings. The molecule has 10 nitrogen and oxygen atoms in total. The molecule has 11 heteroatoms. The van der Waals surface area contributed by atoms with Gasteiger partial charge in [0.2, 0.25) is 0 Å². The highest BCUT2D eigenvalue weighted by molar-refractivity contribution is 7.47. The quantitative estimate of drug-likeness (QED) is 0.0236. The fraction of sp³-hybridized carbons (Fsp3) is 0.520. The van der Waals surface area contributed by atoms with Gasteiger partial charge in [-0.25, -0.2) is 4.57 Å². The summed E-state index contributed by atoms with van der Waals surface area (Å²) in [5.41, 5.74) is 0. The minimum Gasteiger partial charge on any atom is -0.462 e. The van der Waals surface area contributed by atoms with Gasteiger partial charge in [0.05, 0.1) is 19.8 Å². The number of aliphatic hydroxyl groups excluding tert-OH is 2. The Morgan fingerprint density at radius 1 is 0.492 bits per heavy atom. The van der Waals surface area contributed by atoms with Crippen molar-refractivity contribution in [3.8, 4) is 0 Å². The smallest absolute Gasteiger partial charge is 0.462 e. The summed E-state index contributed by atoms with van der Waals surface area (Å²) in [6.45, 7) is 1.99. The van der Waals surface area contributed by atoms with Crippen LogP contribution in [0.25, 0.3) is 0 Å². The van der Waals surface area contributed by atoms with Crippen molar-refractivity contribution in [2.24, 2.45) is 0 Å². The lowest BCUT2D eigenvalue weighted by atomic mass is 10.1. The zero-order valence-electron chi connectivity index (χ0n) is 37.1. The number of phosphoric ester groups is 1. The Balaban J connectivity index is 4.51. The fourth-order valence-electron chi connectivity index (χ4n) is 4.98. The summed E-state index contributed by atoms with van der Waals surface area (Å²) in [5, 5.41) is 18.3. The summed E-state index contributed by atoms with van der Waals surface area (Å²) in [7, 11) is -4.66. The summed E-state index contributed by atoms with van der Waals surface area (Å²) in [6.07, 6.45) is 58.6. The van der Waals surface area contributed by atoms with Crippen molar-refractivity contribution in [2.75, 3.05) is 26.4 Å². The van der Waals surface area contributed by atoms with Crippen LogP contribution in [0, 0.1) is 0 Å². The first-order valence-corrected chi connectivity index (χ1v) is 23.6. The lowest BCUT2D eigenvalue weighted by Gasteiger charge is -2.20. The van der Waals surface area contributed by atoms with E-state index in [4.69, 9.17) is 19.1 Å². The standard InChI is InChI=1S/C50H77O10P/c1-3-5-7-9-11-13-15-17-19-21-23-25-27-29-31-33-35-37-39-41-49(53)57-45-48(46-59-61(55,56)58-44-47(52)43-51)60-50(54)42-40-38-36-34-32-30-28-26-24-22-20-18-16-14-12-10-8-6-4-2/h5-8,11-14,17-20,23-26,29-32,36,38,47-48,51-52H,3-4,9-10,15-16,21-22,27-28,33-35,37,39-46H2,1-2H3,(H,55,56)/b7-5-,8-6-,13-11-,14-12-,19-17-,20-18-,25-23-,26-24-,31-29-,32-30-,38-36-. The molecule has 3 unspecified atom stereocenters. The van der Waals surface area contributed by atoms with Gasteiger partial charge in [-0.15, -0.1) is 0 Å². The molecule has 0 aliphatic carbocycles. The second-order valence-electron chi connectivity index (χ2n) is 14.0. The zero-order chi connectivity index (χ0) is 44.8. The third kappa shape index (κ3) is 44.0. The third-order valence-electron chi connectivity index (χ3n) is 8.31. The number of esters is 2. The summed E-state index contributed by atoms with van der Waals surface area (Å²) in [5.74, 6) is -1.08. The minimum atomic E-state index is -4.66. The summed E-state index contributed by atoms with van der Waals surface area (Å²) in [6, 6.07) is 0. The van der Waals surface area contributed by atoms with E-state index in [9.17, 15) is 24.2 Å². The molecule has 0 heterocycles. The van der Waals surface area contributed by atoms with Crippen LogP contribution in [-0.2, 0) is 32.7 Å². The monoisotopic (exact) mass is 869 g/mol. The first kappa shape index (κ1) is 57.1. The van der Waals surface area contributed by atoms with E-state index in [2.05, 4.69) is 140 Å². The lowest BCUT2D eigenvalue weighted by molar-refractivity contribution is -0.161. The van der Waals surface area contributed by atoms with Crippen LogP contribution < -0.4 is 0 Å². The van der Waals surface area contributed by atoms with Crippen molar-refractivity contribution in [1.82, 2.24) is 0 Å². The number of hydrogen-bond acceptors (Lipinski definition) is 9. The molecule has 0 rings (SSSR count). The largest absolute Gasteiger partial charge is 0.472 e. The first-order valence-electron chi connectivity index (χ1n) is 22.1. The average Bonchev–Trinajstić information content (AvgIpc) is 3.25. The van der Waals surface area contributed by atoms with Gasteiger partial charge in [-0.2, -0.15) is 0 Å². The van der Waals surface area contributed by atoms with E-state index in [0.717, 1.165) is 89.9 Å². The highest BCUT2D eigenvalue weighted by Crippen LogP contribution is 2.43. The Bertz CT molecular complexity index is 1460. The van der Waals surface area contributed by atoms with Crippen molar-refractivity contribution < 1.29 is 47.8 Å². The number of ether oxygens (including phenoxy) is 2. The van der Waals surface area contributed by atoms with Gasteiger partial charge in [0.1, 0.15) is 12.7 Å². The van der Waals surface area contributed by atoms with E-state index >= 15 is 0 Å². The van der Waals surface area contributed by atoms with E-state index in [-0.39, 0.29) is 19.4 Å². The van der Waals surface area contributed by atoms with Gasteiger partial charge < -0.3 is 24.6 Å². The predicted molar refractivity (Wildman–Crippen MR) is 251 cm³/mol. The molecule has 0 aromatic rings. The summed E-state index contributed by atoms with van der Waals surface area (Å²) < 4.78 is 32.6. The SMILES string of the molecule is CC/C=C\C/C=C\C/C=C\C/C=C\C/C=C\C/C=C\CCC(=O)OC(COC(=O)CCCCC/C=C\C/C=C\C/C=C\C/C=C\C/C=C\CC)COP(=O)(O)OCC(O)CO. The van der Waals surface area contributed by atoms with Crippen molar-refractivity contribution in [2.45, 2.75) is 142 Å². The second-order valence-corrected chi connectivity index (χ2v) is 15.4. The Morgan fingerprint density at radius 3 is 1.31 bits per heavy atom. The number of unbranched alkanes of at least 4 members (excludes halogenated alkanes) is 3. The molecule has 0 aliphatic rings. The van der Waals surface area contributed by atoms with Gasteiger partial charge in [0, 0.05) is 12.8 Å². The second kappa shape index (κ2) is 44.2. The fourth-order valence-corrected chi connectivity index (χ4v) is 5.77. The van der Waals surface area contributed by atoms with Gasteiger partial charge in [-0.1, -0.05) is 154 Å². The minimum absolute atomic E-state index is 0.0421. The van der Waals surface area contributed by atoms with Crippen LogP contribution in [0.3, 0.4) is 0 Å². The van der Waals surface area contributed by atoms with E-state index in [1.807, 2.05) is 12.2 Å². The third-order valence-corrected chi connectivity index (χ3v) is 9.26. The molecule has 0 aliphatic heterocycles.